The number of nitrogens with zero attached hydrogens (tertiary/aromatic N) is 1. The SMILES string of the molecule is CC(C)(CC(N)=O)Nc1cccc([N+](=O)[O-])c1. The lowest BCUT2D eigenvalue weighted by atomic mass is 10.00. The number of benzene rings is 1. The molecule has 0 bridgehead atoms. The molecule has 0 aromatic heterocycles. The number of nitrogens with one attached hydrogen (secondary N) is 1. The van der Waals surface area contributed by atoms with Crippen molar-refractivity contribution in [2.75, 3.05) is 5.32 Å². The molecule has 0 aliphatic rings. The number of hydrogen-bond acceptors (Lipinski definition) is 4. The summed E-state index contributed by atoms with van der Waals surface area (Å²) in [6.45, 7) is 3.60. The maximum atomic E-state index is 10.9. The highest BCUT2D eigenvalue weighted by Gasteiger charge is 2.20. The molecule has 0 radical (unpaired) electrons. The Morgan fingerprint density at radius 3 is 2.71 bits per heavy atom. The van der Waals surface area contributed by atoms with Crippen LogP contribution >= 0.6 is 0 Å². The van der Waals surface area contributed by atoms with Crippen molar-refractivity contribution in [3.05, 3.63) is 34.4 Å². The van der Waals surface area contributed by atoms with Crippen molar-refractivity contribution < 1.29 is 9.72 Å². The molecule has 6 heteroatoms. The third kappa shape index (κ3) is 4.10. The van der Waals surface area contributed by atoms with Gasteiger partial charge in [0.05, 0.1) is 4.92 Å². The number of nitro groups is 1. The van der Waals surface area contributed by atoms with E-state index < -0.39 is 16.4 Å². The number of rotatable bonds is 5. The second kappa shape index (κ2) is 4.82. The van der Waals surface area contributed by atoms with Crippen LogP contribution in [-0.4, -0.2) is 16.4 Å². The smallest absolute Gasteiger partial charge is 0.271 e. The van der Waals surface area contributed by atoms with Crippen molar-refractivity contribution in [2.45, 2.75) is 25.8 Å². The number of non-ortho nitro benzene ring substituents is 1. The number of carbonyl (C=O) groups excluding carboxylic acids is 1. The molecule has 0 fully saturated rings. The summed E-state index contributed by atoms with van der Waals surface area (Å²) in [5.74, 6) is -0.423. The number of carbonyl (C=O) groups is 1. The van der Waals surface area contributed by atoms with E-state index in [9.17, 15) is 14.9 Å². The number of nitrogens with two attached hydrogens (primary N) is 1. The van der Waals surface area contributed by atoms with Gasteiger partial charge in [0.1, 0.15) is 0 Å². The van der Waals surface area contributed by atoms with Crippen molar-refractivity contribution >= 4 is 17.3 Å². The van der Waals surface area contributed by atoms with Crippen LogP contribution in [0.4, 0.5) is 11.4 Å². The quantitative estimate of drug-likeness (QED) is 0.601. The number of amides is 1. The predicted octanol–water partition coefficient (Wildman–Crippen LogP) is 1.66. The van der Waals surface area contributed by atoms with Gasteiger partial charge in [0.25, 0.3) is 5.69 Å². The van der Waals surface area contributed by atoms with Gasteiger partial charge in [-0.1, -0.05) is 6.07 Å². The molecule has 1 aromatic rings. The molecule has 0 saturated carbocycles. The topological polar surface area (TPSA) is 98.3 Å². The Kier molecular flexibility index (Phi) is 3.67. The molecular weight excluding hydrogens is 222 g/mol. The van der Waals surface area contributed by atoms with Crippen LogP contribution in [0.15, 0.2) is 24.3 Å². The van der Waals surface area contributed by atoms with Crippen LogP contribution in [0.1, 0.15) is 20.3 Å². The lowest BCUT2D eigenvalue weighted by Crippen LogP contribution is -2.35. The van der Waals surface area contributed by atoms with Crippen molar-refractivity contribution in [1.82, 2.24) is 0 Å². The Morgan fingerprint density at radius 2 is 2.18 bits per heavy atom. The molecule has 0 saturated heterocycles. The van der Waals surface area contributed by atoms with Gasteiger partial charge in [-0.25, -0.2) is 0 Å². The largest absolute Gasteiger partial charge is 0.379 e. The molecule has 0 spiro atoms. The molecule has 1 aromatic carbocycles. The van der Waals surface area contributed by atoms with E-state index in [1.54, 1.807) is 26.0 Å². The first-order valence-electron chi connectivity index (χ1n) is 5.11. The lowest BCUT2D eigenvalue weighted by Gasteiger charge is -2.25. The second-order valence-electron chi connectivity index (χ2n) is 4.46. The van der Waals surface area contributed by atoms with Crippen LogP contribution in [0.5, 0.6) is 0 Å². The van der Waals surface area contributed by atoms with Crippen molar-refractivity contribution in [3.63, 3.8) is 0 Å². The molecule has 92 valence electrons. The van der Waals surface area contributed by atoms with Crippen LogP contribution in [0.2, 0.25) is 0 Å². The number of anilines is 1. The van der Waals surface area contributed by atoms with Gasteiger partial charge in [0.15, 0.2) is 0 Å². The van der Waals surface area contributed by atoms with E-state index in [4.69, 9.17) is 5.73 Å². The standard InChI is InChI=1S/C11H15N3O3/c1-11(2,7-10(12)15)13-8-4-3-5-9(6-8)14(16)17/h3-6,13H,7H2,1-2H3,(H2,12,15). The first-order chi connectivity index (χ1) is 7.80. The maximum Gasteiger partial charge on any atom is 0.271 e. The van der Waals surface area contributed by atoms with Crippen molar-refractivity contribution in [1.29, 1.82) is 0 Å². The Balaban J connectivity index is 2.84. The fraction of sp³-hybridized carbons (Fsp3) is 0.364. The zero-order chi connectivity index (χ0) is 13.1. The predicted molar refractivity (Wildman–Crippen MR) is 64.6 cm³/mol. The first-order valence-corrected chi connectivity index (χ1v) is 5.11. The molecule has 17 heavy (non-hydrogen) atoms. The summed E-state index contributed by atoms with van der Waals surface area (Å²) in [6.07, 6.45) is 0.149. The monoisotopic (exact) mass is 237 g/mol. The third-order valence-electron chi connectivity index (χ3n) is 2.16. The molecule has 0 unspecified atom stereocenters. The molecule has 0 aliphatic carbocycles. The summed E-state index contributed by atoms with van der Waals surface area (Å²) >= 11 is 0. The van der Waals surface area contributed by atoms with Gasteiger partial charge in [-0.15, -0.1) is 0 Å². The van der Waals surface area contributed by atoms with Gasteiger partial charge in [0, 0.05) is 29.8 Å². The summed E-state index contributed by atoms with van der Waals surface area (Å²) in [6, 6.07) is 6.12. The van der Waals surface area contributed by atoms with E-state index in [1.807, 2.05) is 0 Å². The minimum atomic E-state index is -0.541. The van der Waals surface area contributed by atoms with E-state index in [0.717, 1.165) is 0 Å². The Hall–Kier alpha value is -2.11. The highest BCUT2D eigenvalue weighted by molar-refractivity contribution is 5.75. The van der Waals surface area contributed by atoms with Crippen LogP contribution in [0.25, 0.3) is 0 Å². The van der Waals surface area contributed by atoms with Crippen LogP contribution < -0.4 is 11.1 Å². The van der Waals surface area contributed by atoms with Crippen LogP contribution in [0, 0.1) is 10.1 Å². The van der Waals surface area contributed by atoms with E-state index in [0.29, 0.717) is 5.69 Å². The van der Waals surface area contributed by atoms with Gasteiger partial charge in [0.2, 0.25) is 5.91 Å². The molecule has 1 amide bonds. The second-order valence-corrected chi connectivity index (χ2v) is 4.46. The number of nitro benzene ring substituents is 1. The lowest BCUT2D eigenvalue weighted by molar-refractivity contribution is -0.384. The van der Waals surface area contributed by atoms with E-state index in [2.05, 4.69) is 5.32 Å². The molecule has 0 aliphatic heterocycles. The zero-order valence-corrected chi connectivity index (χ0v) is 9.77. The van der Waals surface area contributed by atoms with Gasteiger partial charge in [-0.05, 0) is 19.9 Å². The molecule has 1 rings (SSSR count). The summed E-state index contributed by atoms with van der Waals surface area (Å²) in [5, 5.41) is 13.6. The Labute approximate surface area is 99.0 Å². The summed E-state index contributed by atoms with van der Waals surface area (Å²) < 4.78 is 0. The maximum absolute atomic E-state index is 10.9. The van der Waals surface area contributed by atoms with Crippen molar-refractivity contribution in [3.8, 4) is 0 Å². The Bertz CT molecular complexity index is 443. The highest BCUT2D eigenvalue weighted by Crippen LogP contribution is 2.22. The fourth-order valence-electron chi connectivity index (χ4n) is 1.57. The highest BCUT2D eigenvalue weighted by atomic mass is 16.6. The first kappa shape index (κ1) is 13.0. The Morgan fingerprint density at radius 1 is 1.53 bits per heavy atom. The molecule has 3 N–H and O–H groups in total. The number of hydrogen-bond donors (Lipinski definition) is 2. The summed E-state index contributed by atoms with van der Waals surface area (Å²) in [7, 11) is 0. The van der Waals surface area contributed by atoms with Crippen LogP contribution in [-0.2, 0) is 4.79 Å². The minimum Gasteiger partial charge on any atom is -0.379 e. The summed E-state index contributed by atoms with van der Waals surface area (Å²) in [5.41, 5.74) is 5.18. The van der Waals surface area contributed by atoms with Gasteiger partial charge < -0.3 is 11.1 Å². The van der Waals surface area contributed by atoms with Gasteiger partial charge in [-0.3, -0.25) is 14.9 Å². The van der Waals surface area contributed by atoms with Crippen LogP contribution in [0.3, 0.4) is 0 Å². The molecule has 0 atom stereocenters. The van der Waals surface area contributed by atoms with E-state index in [1.165, 1.54) is 12.1 Å². The average molecular weight is 237 g/mol. The van der Waals surface area contributed by atoms with E-state index in [-0.39, 0.29) is 12.1 Å². The molecule has 6 nitrogen and oxygen atoms in total. The van der Waals surface area contributed by atoms with Gasteiger partial charge >= 0.3 is 0 Å². The van der Waals surface area contributed by atoms with E-state index >= 15 is 0 Å². The zero-order valence-electron chi connectivity index (χ0n) is 9.77. The third-order valence-corrected chi connectivity index (χ3v) is 2.16. The molecule has 0 heterocycles. The molecular formula is C11H15N3O3. The summed E-state index contributed by atoms with van der Waals surface area (Å²) in [4.78, 5) is 21.0. The number of primary amides is 1. The normalized spacial score (nSPS) is 10.9. The van der Waals surface area contributed by atoms with Gasteiger partial charge in [-0.2, -0.15) is 0 Å². The average Bonchev–Trinajstić information content (AvgIpc) is 2.14. The fourth-order valence-corrected chi connectivity index (χ4v) is 1.57. The van der Waals surface area contributed by atoms with Crippen molar-refractivity contribution in [2.24, 2.45) is 5.73 Å². The minimum absolute atomic E-state index is 0.00451.